The summed E-state index contributed by atoms with van der Waals surface area (Å²) in [6.07, 6.45) is 3.34. The summed E-state index contributed by atoms with van der Waals surface area (Å²) in [5.74, 6) is -0.622. The molecule has 0 saturated carbocycles. The van der Waals surface area contributed by atoms with Crippen LogP contribution in [0.4, 0.5) is 11.4 Å². The van der Waals surface area contributed by atoms with Crippen molar-refractivity contribution in [1.82, 2.24) is 19.9 Å². The summed E-state index contributed by atoms with van der Waals surface area (Å²) < 4.78 is 6.63. The summed E-state index contributed by atoms with van der Waals surface area (Å²) in [5.41, 5.74) is 2.77. The number of nitrogens with zero attached hydrogens (tertiary/aromatic N) is 4. The Labute approximate surface area is 177 Å². The van der Waals surface area contributed by atoms with Gasteiger partial charge < -0.3 is 20.0 Å². The van der Waals surface area contributed by atoms with Crippen LogP contribution in [-0.4, -0.2) is 46.6 Å². The van der Waals surface area contributed by atoms with Gasteiger partial charge in [0.15, 0.2) is 5.58 Å². The van der Waals surface area contributed by atoms with Gasteiger partial charge in [-0.1, -0.05) is 18.2 Å². The van der Waals surface area contributed by atoms with E-state index in [9.17, 15) is 9.59 Å². The van der Waals surface area contributed by atoms with E-state index in [4.69, 9.17) is 4.42 Å². The molecule has 156 valence electrons. The minimum absolute atomic E-state index is 0.185. The van der Waals surface area contributed by atoms with Gasteiger partial charge in [-0.3, -0.25) is 9.78 Å². The van der Waals surface area contributed by atoms with Crippen LogP contribution in [0.15, 0.2) is 70.1 Å². The number of benzene rings is 1. The molecule has 4 aromatic rings. The highest BCUT2D eigenvalue weighted by Gasteiger charge is 2.18. The zero-order chi connectivity index (χ0) is 21.2. The van der Waals surface area contributed by atoms with Crippen molar-refractivity contribution in [1.29, 1.82) is 0 Å². The van der Waals surface area contributed by atoms with Gasteiger partial charge in [0.2, 0.25) is 0 Å². The summed E-state index contributed by atoms with van der Waals surface area (Å²) in [5, 5.41) is 6.23. The van der Waals surface area contributed by atoms with E-state index in [1.807, 2.05) is 12.1 Å². The van der Waals surface area contributed by atoms with E-state index in [1.165, 1.54) is 4.57 Å². The fourth-order valence-corrected chi connectivity index (χ4v) is 3.71. The number of anilines is 2. The average molecular weight is 416 g/mol. The number of carbonyl (C=O) groups excluding carboxylic acids is 1. The molecule has 9 heteroatoms. The normalized spacial score (nSPS) is 14.0. The van der Waals surface area contributed by atoms with Gasteiger partial charge in [0.05, 0.1) is 23.1 Å². The number of fused-ring (bicyclic) bond motifs is 1. The van der Waals surface area contributed by atoms with Gasteiger partial charge in [-0.15, -0.1) is 0 Å². The molecule has 1 aliphatic rings. The Bertz CT molecular complexity index is 1310. The van der Waals surface area contributed by atoms with E-state index in [0.717, 1.165) is 31.9 Å². The lowest BCUT2D eigenvalue weighted by Crippen LogP contribution is -2.43. The number of nitrogens with one attached hydrogen (secondary N) is 2. The summed E-state index contributed by atoms with van der Waals surface area (Å²) in [4.78, 5) is 36.1. The number of oxazole rings is 1. The van der Waals surface area contributed by atoms with Crippen LogP contribution in [0.25, 0.3) is 16.9 Å². The fraction of sp³-hybridized carbons (Fsp3) is 0.182. The Morgan fingerprint density at radius 3 is 2.77 bits per heavy atom. The zero-order valence-corrected chi connectivity index (χ0v) is 16.6. The highest BCUT2D eigenvalue weighted by molar-refractivity contribution is 6.04. The Morgan fingerprint density at radius 2 is 1.90 bits per heavy atom. The maximum Gasteiger partial charge on any atom is 0.425 e. The second-order valence-corrected chi connectivity index (χ2v) is 7.14. The van der Waals surface area contributed by atoms with Crippen molar-refractivity contribution in [2.45, 2.75) is 0 Å². The molecule has 4 heterocycles. The van der Waals surface area contributed by atoms with Crippen molar-refractivity contribution in [3.05, 3.63) is 77.2 Å². The first kappa shape index (κ1) is 19.0. The number of carbonyl (C=O) groups is 1. The lowest BCUT2D eigenvalue weighted by Gasteiger charge is -2.30. The van der Waals surface area contributed by atoms with Gasteiger partial charge in [-0.05, 0) is 30.3 Å². The number of amides is 1. The predicted octanol–water partition coefficient (Wildman–Crippen LogP) is 2.04. The third-order valence-electron chi connectivity index (χ3n) is 5.19. The highest BCUT2D eigenvalue weighted by Crippen LogP contribution is 2.25. The smallest absolute Gasteiger partial charge is 0.407 e. The second-order valence-electron chi connectivity index (χ2n) is 7.14. The minimum atomic E-state index is -0.556. The maximum absolute atomic E-state index is 13.0. The van der Waals surface area contributed by atoms with Gasteiger partial charge in [0, 0.05) is 32.4 Å². The topological polar surface area (TPSA) is 105 Å². The van der Waals surface area contributed by atoms with Crippen LogP contribution in [0.2, 0.25) is 0 Å². The van der Waals surface area contributed by atoms with Gasteiger partial charge in [0.1, 0.15) is 11.5 Å². The van der Waals surface area contributed by atoms with Crippen LogP contribution < -0.4 is 21.3 Å². The quantitative estimate of drug-likeness (QED) is 0.524. The van der Waals surface area contributed by atoms with Crippen LogP contribution in [0.3, 0.4) is 0 Å². The number of pyridine rings is 2. The molecular formula is C22H20N6O3. The zero-order valence-electron chi connectivity index (χ0n) is 16.6. The molecule has 2 N–H and O–H groups in total. The lowest BCUT2D eigenvalue weighted by molar-refractivity contribution is 0.102. The molecule has 31 heavy (non-hydrogen) atoms. The van der Waals surface area contributed by atoms with Crippen molar-refractivity contribution in [3.8, 4) is 5.82 Å². The van der Waals surface area contributed by atoms with Crippen LogP contribution in [0, 0.1) is 0 Å². The lowest BCUT2D eigenvalue weighted by atomic mass is 10.2. The minimum Gasteiger partial charge on any atom is -0.407 e. The largest absolute Gasteiger partial charge is 0.425 e. The van der Waals surface area contributed by atoms with Gasteiger partial charge in [-0.25, -0.2) is 14.3 Å². The number of para-hydroxylation sites is 2. The van der Waals surface area contributed by atoms with Crippen LogP contribution >= 0.6 is 0 Å². The van der Waals surface area contributed by atoms with Crippen molar-refractivity contribution >= 4 is 28.4 Å². The molecule has 0 bridgehead atoms. The Morgan fingerprint density at radius 1 is 1.06 bits per heavy atom. The molecule has 1 aromatic carbocycles. The van der Waals surface area contributed by atoms with Crippen LogP contribution in [0.5, 0.6) is 0 Å². The van der Waals surface area contributed by atoms with Gasteiger partial charge in [-0.2, -0.15) is 0 Å². The SMILES string of the molecule is O=C(Nc1cnccc1N1CCNCC1)c1cccc(-n2c(=O)oc3ccccc32)n1. The maximum atomic E-state index is 13.0. The van der Waals surface area contributed by atoms with Gasteiger partial charge in [0.25, 0.3) is 5.91 Å². The highest BCUT2D eigenvalue weighted by atomic mass is 16.4. The average Bonchev–Trinajstić information content (AvgIpc) is 3.16. The van der Waals surface area contributed by atoms with Crippen molar-refractivity contribution < 1.29 is 9.21 Å². The second kappa shape index (κ2) is 8.04. The standard InChI is InChI=1S/C22H20N6O3/c29-21(26-16-14-24-9-8-17(16)27-12-10-23-11-13-27)15-4-3-7-20(25-15)28-18-5-1-2-6-19(18)31-22(28)30/h1-9,14,23H,10-13H2,(H,26,29). The van der Waals surface area contributed by atoms with Crippen LogP contribution in [-0.2, 0) is 0 Å². The monoisotopic (exact) mass is 416 g/mol. The Hall–Kier alpha value is -3.98. The number of piperazine rings is 1. The molecule has 0 spiro atoms. The third kappa shape index (κ3) is 3.66. The molecule has 3 aromatic heterocycles. The number of hydrogen-bond donors (Lipinski definition) is 2. The first-order chi connectivity index (χ1) is 15.2. The van der Waals surface area contributed by atoms with E-state index in [1.54, 1.807) is 48.8 Å². The van der Waals surface area contributed by atoms with E-state index in [-0.39, 0.29) is 11.6 Å². The van der Waals surface area contributed by atoms with E-state index < -0.39 is 5.76 Å². The molecule has 1 saturated heterocycles. The molecule has 9 nitrogen and oxygen atoms in total. The van der Waals surface area contributed by atoms with Crippen molar-refractivity contribution in [2.75, 3.05) is 36.4 Å². The summed E-state index contributed by atoms with van der Waals surface area (Å²) in [6, 6.07) is 13.9. The molecule has 1 amide bonds. The number of rotatable bonds is 4. The fourth-order valence-electron chi connectivity index (χ4n) is 3.71. The molecule has 0 aliphatic carbocycles. The Kier molecular flexibility index (Phi) is 4.93. The van der Waals surface area contributed by atoms with Crippen molar-refractivity contribution in [2.24, 2.45) is 0 Å². The van der Waals surface area contributed by atoms with E-state index in [0.29, 0.717) is 22.6 Å². The summed E-state index contributed by atoms with van der Waals surface area (Å²) in [6.45, 7) is 3.45. The molecule has 0 atom stereocenters. The van der Waals surface area contributed by atoms with E-state index >= 15 is 0 Å². The predicted molar refractivity (Wildman–Crippen MR) is 117 cm³/mol. The van der Waals surface area contributed by atoms with Crippen LogP contribution in [0.1, 0.15) is 10.5 Å². The first-order valence-electron chi connectivity index (χ1n) is 10.00. The summed E-state index contributed by atoms with van der Waals surface area (Å²) in [7, 11) is 0. The van der Waals surface area contributed by atoms with Gasteiger partial charge >= 0.3 is 5.76 Å². The molecule has 5 rings (SSSR count). The molecule has 1 fully saturated rings. The molecule has 0 radical (unpaired) electrons. The third-order valence-corrected chi connectivity index (χ3v) is 5.19. The van der Waals surface area contributed by atoms with E-state index in [2.05, 4.69) is 25.5 Å². The first-order valence-corrected chi connectivity index (χ1v) is 10.00. The number of aromatic nitrogens is 3. The Balaban J connectivity index is 1.45. The molecule has 0 unspecified atom stereocenters. The molecular weight excluding hydrogens is 396 g/mol. The number of hydrogen-bond acceptors (Lipinski definition) is 7. The summed E-state index contributed by atoms with van der Waals surface area (Å²) >= 11 is 0. The van der Waals surface area contributed by atoms with Crippen molar-refractivity contribution in [3.63, 3.8) is 0 Å². The molecule has 1 aliphatic heterocycles.